The number of alkyl halides is 3. The molecule has 1 N–H and O–H groups in total. The van der Waals surface area contributed by atoms with E-state index in [0.29, 0.717) is 12.0 Å². The van der Waals surface area contributed by atoms with Gasteiger partial charge in [0.05, 0.1) is 7.11 Å². The molecule has 0 aromatic heterocycles. The minimum absolute atomic E-state index is 0.0435. The zero-order chi connectivity index (χ0) is 12.6. The van der Waals surface area contributed by atoms with Gasteiger partial charge in [-0.05, 0) is 29.7 Å². The van der Waals surface area contributed by atoms with Crippen LogP contribution in [0.5, 0.6) is 5.75 Å². The molecule has 17 heavy (non-hydrogen) atoms. The predicted molar refractivity (Wildman–Crippen MR) is 53.5 cm³/mol. The predicted octanol–water partition coefficient (Wildman–Crippen LogP) is 2.58. The van der Waals surface area contributed by atoms with Gasteiger partial charge in [-0.15, -0.1) is 0 Å². The topological polar surface area (TPSA) is 21.3 Å². The normalized spacial score (nSPS) is 19.9. The molecule has 0 spiro atoms. The molecule has 1 aliphatic heterocycles. The van der Waals surface area contributed by atoms with Crippen molar-refractivity contribution < 1.29 is 22.3 Å². The lowest BCUT2D eigenvalue weighted by molar-refractivity contribution is -0.158. The number of hydrogen-bond acceptors (Lipinski definition) is 2. The lowest BCUT2D eigenvalue weighted by atomic mass is 9.93. The van der Waals surface area contributed by atoms with Crippen LogP contribution >= 0.6 is 0 Å². The number of benzene rings is 1. The average Bonchev–Trinajstić information content (AvgIpc) is 2.25. The fourth-order valence-corrected chi connectivity index (χ4v) is 2.01. The first-order chi connectivity index (χ1) is 7.93. The zero-order valence-electron chi connectivity index (χ0n) is 9.07. The van der Waals surface area contributed by atoms with Gasteiger partial charge < -0.3 is 10.1 Å². The standard InChI is InChI=1S/C11H11F4NO/c1-17-9-5-7-6(4-8(9)12)2-3-16-10(7)11(13,14)15/h4-5,10,16H,2-3H2,1H3. The summed E-state index contributed by atoms with van der Waals surface area (Å²) in [6.07, 6.45) is -4.01. The van der Waals surface area contributed by atoms with E-state index in [4.69, 9.17) is 4.74 Å². The molecular formula is C11H11F4NO. The van der Waals surface area contributed by atoms with Gasteiger partial charge in [0.2, 0.25) is 0 Å². The van der Waals surface area contributed by atoms with Gasteiger partial charge in [0, 0.05) is 6.54 Å². The van der Waals surface area contributed by atoms with E-state index in [1.54, 1.807) is 0 Å². The van der Waals surface area contributed by atoms with Crippen LogP contribution in [0.25, 0.3) is 0 Å². The first-order valence-electron chi connectivity index (χ1n) is 5.10. The highest BCUT2D eigenvalue weighted by atomic mass is 19.4. The Bertz CT molecular complexity index is 430. The molecule has 1 atom stereocenters. The molecule has 0 saturated carbocycles. The Labute approximate surface area is 95.6 Å². The van der Waals surface area contributed by atoms with Crippen LogP contribution in [0.15, 0.2) is 12.1 Å². The number of halogens is 4. The fraction of sp³-hybridized carbons (Fsp3) is 0.455. The number of nitrogens with one attached hydrogen (secondary N) is 1. The van der Waals surface area contributed by atoms with E-state index in [9.17, 15) is 17.6 Å². The Morgan fingerprint density at radius 1 is 1.35 bits per heavy atom. The quantitative estimate of drug-likeness (QED) is 0.772. The van der Waals surface area contributed by atoms with Crippen molar-refractivity contribution in [2.24, 2.45) is 0 Å². The molecule has 6 heteroatoms. The van der Waals surface area contributed by atoms with Crippen molar-refractivity contribution >= 4 is 0 Å². The summed E-state index contributed by atoms with van der Waals surface area (Å²) < 4.78 is 56.4. The van der Waals surface area contributed by atoms with Gasteiger partial charge in [-0.25, -0.2) is 4.39 Å². The second-order valence-electron chi connectivity index (χ2n) is 3.86. The summed E-state index contributed by atoms with van der Waals surface area (Å²) in [7, 11) is 1.23. The van der Waals surface area contributed by atoms with E-state index in [1.807, 2.05) is 0 Å². The Morgan fingerprint density at radius 3 is 2.65 bits per heavy atom. The van der Waals surface area contributed by atoms with Crippen molar-refractivity contribution in [3.8, 4) is 5.75 Å². The average molecular weight is 249 g/mol. The highest BCUT2D eigenvalue weighted by Crippen LogP contribution is 2.38. The monoisotopic (exact) mass is 249 g/mol. The van der Waals surface area contributed by atoms with Crippen molar-refractivity contribution in [2.75, 3.05) is 13.7 Å². The van der Waals surface area contributed by atoms with Crippen molar-refractivity contribution in [1.82, 2.24) is 5.32 Å². The zero-order valence-corrected chi connectivity index (χ0v) is 9.07. The van der Waals surface area contributed by atoms with Crippen molar-refractivity contribution in [3.63, 3.8) is 0 Å². The van der Waals surface area contributed by atoms with E-state index >= 15 is 0 Å². The first kappa shape index (κ1) is 12.2. The van der Waals surface area contributed by atoms with Crippen LogP contribution in [0.4, 0.5) is 17.6 Å². The summed E-state index contributed by atoms with van der Waals surface area (Å²) in [4.78, 5) is 0. The van der Waals surface area contributed by atoms with Gasteiger partial charge in [0.15, 0.2) is 11.6 Å². The lowest BCUT2D eigenvalue weighted by Crippen LogP contribution is -2.39. The maximum atomic E-state index is 13.4. The Kier molecular flexibility index (Phi) is 2.99. The second-order valence-corrected chi connectivity index (χ2v) is 3.86. The van der Waals surface area contributed by atoms with Gasteiger partial charge in [0.1, 0.15) is 6.04 Å². The molecule has 0 amide bonds. The van der Waals surface area contributed by atoms with Crippen molar-refractivity contribution in [3.05, 3.63) is 29.1 Å². The van der Waals surface area contributed by atoms with Crippen LogP contribution in [0.2, 0.25) is 0 Å². The summed E-state index contributed by atoms with van der Waals surface area (Å²) in [6.45, 7) is 0.183. The van der Waals surface area contributed by atoms with E-state index in [0.717, 1.165) is 12.1 Å². The summed E-state index contributed by atoms with van der Waals surface area (Å²) in [5, 5.41) is 2.38. The molecule has 1 unspecified atom stereocenters. The SMILES string of the molecule is COc1cc2c(cc1F)CCNC2C(F)(F)F. The van der Waals surface area contributed by atoms with Crippen LogP contribution < -0.4 is 10.1 Å². The van der Waals surface area contributed by atoms with E-state index < -0.39 is 18.0 Å². The van der Waals surface area contributed by atoms with E-state index in [-0.39, 0.29) is 17.9 Å². The summed E-state index contributed by atoms with van der Waals surface area (Å²) >= 11 is 0. The molecule has 94 valence electrons. The molecule has 0 bridgehead atoms. The maximum absolute atomic E-state index is 13.4. The third kappa shape index (κ3) is 2.22. The van der Waals surface area contributed by atoms with Gasteiger partial charge in [-0.3, -0.25) is 0 Å². The molecule has 0 radical (unpaired) electrons. The molecule has 1 aromatic carbocycles. The highest BCUT2D eigenvalue weighted by molar-refractivity contribution is 5.41. The van der Waals surface area contributed by atoms with Crippen LogP contribution in [-0.2, 0) is 6.42 Å². The fourth-order valence-electron chi connectivity index (χ4n) is 2.01. The smallest absolute Gasteiger partial charge is 0.407 e. The summed E-state index contributed by atoms with van der Waals surface area (Å²) in [5.41, 5.74) is 0.423. The third-order valence-electron chi connectivity index (χ3n) is 2.79. The molecule has 2 rings (SSSR count). The lowest BCUT2D eigenvalue weighted by Gasteiger charge is -2.29. The van der Waals surface area contributed by atoms with E-state index in [2.05, 4.69) is 5.32 Å². The highest BCUT2D eigenvalue weighted by Gasteiger charge is 2.43. The molecule has 1 aliphatic rings. The molecule has 0 saturated heterocycles. The Hall–Kier alpha value is -1.30. The minimum Gasteiger partial charge on any atom is -0.494 e. The van der Waals surface area contributed by atoms with Crippen LogP contribution in [-0.4, -0.2) is 19.8 Å². The van der Waals surface area contributed by atoms with Gasteiger partial charge in [-0.2, -0.15) is 13.2 Å². The van der Waals surface area contributed by atoms with Crippen molar-refractivity contribution in [2.45, 2.75) is 18.6 Å². The summed E-state index contributed by atoms with van der Waals surface area (Å²) in [5.74, 6) is -0.796. The largest absolute Gasteiger partial charge is 0.494 e. The van der Waals surface area contributed by atoms with Gasteiger partial charge in [0.25, 0.3) is 0 Å². The second kappa shape index (κ2) is 4.18. The molecule has 0 fully saturated rings. The number of fused-ring (bicyclic) bond motifs is 1. The van der Waals surface area contributed by atoms with Crippen LogP contribution in [0.3, 0.4) is 0 Å². The maximum Gasteiger partial charge on any atom is 0.407 e. The molecule has 1 aromatic rings. The molecule has 0 aliphatic carbocycles. The third-order valence-corrected chi connectivity index (χ3v) is 2.79. The van der Waals surface area contributed by atoms with Crippen LogP contribution in [0.1, 0.15) is 17.2 Å². The molecular weight excluding hydrogens is 238 g/mol. The van der Waals surface area contributed by atoms with Crippen molar-refractivity contribution in [1.29, 1.82) is 0 Å². The molecule has 2 nitrogen and oxygen atoms in total. The minimum atomic E-state index is -4.39. The van der Waals surface area contributed by atoms with Gasteiger partial charge in [-0.1, -0.05) is 0 Å². The van der Waals surface area contributed by atoms with Crippen LogP contribution in [0, 0.1) is 5.82 Å². The summed E-state index contributed by atoms with van der Waals surface area (Å²) in [6, 6.07) is 0.490. The number of ether oxygens (including phenoxy) is 1. The Morgan fingerprint density at radius 2 is 2.06 bits per heavy atom. The first-order valence-corrected chi connectivity index (χ1v) is 5.10. The number of rotatable bonds is 1. The number of methoxy groups -OCH3 is 1. The van der Waals surface area contributed by atoms with E-state index in [1.165, 1.54) is 7.11 Å². The number of hydrogen-bond donors (Lipinski definition) is 1. The Balaban J connectivity index is 2.50. The molecule has 1 heterocycles. The van der Waals surface area contributed by atoms with Gasteiger partial charge >= 0.3 is 6.18 Å².